The van der Waals surface area contributed by atoms with Gasteiger partial charge in [0.05, 0.1) is 0 Å². The van der Waals surface area contributed by atoms with Crippen LogP contribution in [0.4, 0.5) is 18.9 Å². The third-order valence-corrected chi connectivity index (χ3v) is 4.40. The predicted molar refractivity (Wildman–Crippen MR) is 81.1 cm³/mol. The number of halogens is 3. The van der Waals surface area contributed by atoms with Gasteiger partial charge in [0.25, 0.3) is 10.2 Å². The van der Waals surface area contributed by atoms with Gasteiger partial charge in [-0.15, -0.1) is 0 Å². The molecule has 0 aromatic heterocycles. The first kappa shape index (κ1) is 17.4. The van der Waals surface area contributed by atoms with Crippen LogP contribution in [0.1, 0.15) is 0 Å². The molecule has 0 bridgehead atoms. The van der Waals surface area contributed by atoms with Crippen LogP contribution in [0.25, 0.3) is 11.1 Å². The topological polar surface area (TPSA) is 89.3 Å². The third-order valence-electron chi connectivity index (χ3n) is 2.76. The minimum Gasteiger partial charge on any atom is -0.271 e. The highest BCUT2D eigenvalue weighted by atomic mass is 32.2. The van der Waals surface area contributed by atoms with Gasteiger partial charge in [0.1, 0.15) is 0 Å². The van der Waals surface area contributed by atoms with Crippen LogP contribution in [-0.2, 0) is 21.0 Å². The SMILES string of the molecule is NS(=O)(=O)Nc1ccc(-c2ccc(S(=O)C(F)(F)F)cc2)cc1. The predicted octanol–water partition coefficient (Wildman–Crippen LogP) is 2.60. The normalized spacial score (nSPS) is 13.6. The summed E-state index contributed by atoms with van der Waals surface area (Å²) in [6, 6.07) is 11.1. The Hall–Kier alpha value is -1.91. The van der Waals surface area contributed by atoms with E-state index in [1.807, 2.05) is 0 Å². The van der Waals surface area contributed by atoms with Gasteiger partial charge < -0.3 is 0 Å². The molecule has 0 aliphatic rings. The van der Waals surface area contributed by atoms with Gasteiger partial charge in [-0.3, -0.25) is 4.72 Å². The highest BCUT2D eigenvalue weighted by Crippen LogP contribution is 2.28. The number of anilines is 1. The van der Waals surface area contributed by atoms with E-state index in [0.29, 0.717) is 11.1 Å². The summed E-state index contributed by atoms with van der Waals surface area (Å²) in [4.78, 5) is -0.339. The summed E-state index contributed by atoms with van der Waals surface area (Å²) < 4.78 is 72.2. The first-order valence-electron chi connectivity index (χ1n) is 6.06. The van der Waals surface area contributed by atoms with Crippen LogP contribution < -0.4 is 9.86 Å². The summed E-state index contributed by atoms with van der Waals surface area (Å²) in [5, 5.41) is 4.84. The van der Waals surface area contributed by atoms with Crippen LogP contribution in [0.2, 0.25) is 0 Å². The van der Waals surface area contributed by atoms with E-state index in [4.69, 9.17) is 5.14 Å². The number of rotatable bonds is 4. The van der Waals surface area contributed by atoms with Crippen LogP contribution in [-0.4, -0.2) is 18.1 Å². The van der Waals surface area contributed by atoms with Gasteiger partial charge in [0.15, 0.2) is 10.8 Å². The maximum Gasteiger partial charge on any atom is 0.475 e. The third kappa shape index (κ3) is 4.78. The summed E-state index contributed by atoms with van der Waals surface area (Å²) in [6.45, 7) is 0. The maximum absolute atomic E-state index is 12.4. The number of hydrogen-bond acceptors (Lipinski definition) is 3. The number of nitrogens with one attached hydrogen (secondary N) is 1. The largest absolute Gasteiger partial charge is 0.475 e. The molecule has 0 spiro atoms. The van der Waals surface area contributed by atoms with E-state index in [2.05, 4.69) is 4.72 Å². The Labute approximate surface area is 133 Å². The number of hydrogen-bond donors (Lipinski definition) is 2. The molecule has 0 aliphatic heterocycles. The molecule has 2 aromatic carbocycles. The van der Waals surface area contributed by atoms with E-state index in [9.17, 15) is 25.8 Å². The first-order valence-corrected chi connectivity index (χ1v) is 8.75. The average molecular weight is 364 g/mol. The molecule has 124 valence electrons. The number of nitrogens with two attached hydrogens (primary N) is 1. The molecule has 1 unspecified atom stereocenters. The van der Waals surface area contributed by atoms with Crippen LogP contribution >= 0.6 is 0 Å². The molecule has 2 aromatic rings. The summed E-state index contributed by atoms with van der Waals surface area (Å²) >= 11 is 0. The second-order valence-corrected chi connectivity index (χ2v) is 7.23. The van der Waals surface area contributed by atoms with Gasteiger partial charge in [-0.1, -0.05) is 24.3 Å². The van der Waals surface area contributed by atoms with Gasteiger partial charge in [-0.25, -0.2) is 9.35 Å². The molecule has 0 saturated heterocycles. The standard InChI is InChI=1S/C13H11F3N2O3S2/c14-13(15,16)22(19)12-7-3-10(4-8-12)9-1-5-11(6-2-9)18-23(17,20)21/h1-8,18H,(H2,17,20,21). The second-order valence-electron chi connectivity index (χ2n) is 4.46. The van der Waals surface area contributed by atoms with E-state index >= 15 is 0 Å². The lowest BCUT2D eigenvalue weighted by atomic mass is 10.1. The van der Waals surface area contributed by atoms with E-state index in [-0.39, 0.29) is 10.6 Å². The van der Waals surface area contributed by atoms with Crippen LogP contribution in [0.3, 0.4) is 0 Å². The van der Waals surface area contributed by atoms with Crippen molar-refractivity contribution in [3.05, 3.63) is 48.5 Å². The van der Waals surface area contributed by atoms with Crippen LogP contribution in [0.5, 0.6) is 0 Å². The molecular formula is C13H11F3N2O3S2. The minimum atomic E-state index is -4.80. The highest BCUT2D eigenvalue weighted by Gasteiger charge is 2.37. The Morgan fingerprint density at radius 2 is 1.35 bits per heavy atom. The van der Waals surface area contributed by atoms with Crippen LogP contribution in [0.15, 0.2) is 53.4 Å². The quantitative estimate of drug-likeness (QED) is 0.874. The fourth-order valence-corrected chi connectivity index (χ4v) is 2.91. The number of alkyl halides is 3. The minimum absolute atomic E-state index is 0.256. The van der Waals surface area contributed by atoms with Gasteiger partial charge in [0, 0.05) is 10.6 Å². The molecule has 5 nitrogen and oxygen atoms in total. The van der Waals surface area contributed by atoms with E-state index in [1.165, 1.54) is 24.3 Å². The maximum atomic E-state index is 12.4. The molecule has 0 heterocycles. The van der Waals surface area contributed by atoms with E-state index in [1.54, 1.807) is 12.1 Å². The zero-order chi connectivity index (χ0) is 17.3. The first-order chi connectivity index (χ1) is 10.6. The molecule has 0 aliphatic carbocycles. The molecular weight excluding hydrogens is 353 g/mol. The van der Waals surface area contributed by atoms with Gasteiger partial charge in [0.2, 0.25) is 0 Å². The molecule has 3 N–H and O–H groups in total. The molecule has 10 heteroatoms. The molecule has 0 fully saturated rings. The lowest BCUT2D eigenvalue weighted by Gasteiger charge is -2.08. The van der Waals surface area contributed by atoms with Crippen molar-refractivity contribution >= 4 is 26.7 Å². The van der Waals surface area contributed by atoms with Gasteiger partial charge in [-0.2, -0.15) is 21.6 Å². The molecule has 0 saturated carbocycles. The monoisotopic (exact) mass is 364 g/mol. The van der Waals surface area contributed by atoms with Crippen molar-refractivity contribution in [2.45, 2.75) is 10.4 Å². The van der Waals surface area contributed by atoms with Crippen molar-refractivity contribution < 1.29 is 25.8 Å². The summed E-state index contributed by atoms with van der Waals surface area (Å²) in [5.41, 5.74) is -3.31. The molecule has 23 heavy (non-hydrogen) atoms. The summed E-state index contributed by atoms with van der Waals surface area (Å²) in [6.07, 6.45) is 0. The van der Waals surface area contributed by atoms with E-state index < -0.39 is 26.5 Å². The zero-order valence-corrected chi connectivity index (χ0v) is 13.0. The Morgan fingerprint density at radius 3 is 1.74 bits per heavy atom. The molecule has 2 rings (SSSR count). The summed E-state index contributed by atoms with van der Waals surface area (Å²) in [5.74, 6) is 0. The fourth-order valence-electron chi connectivity index (χ4n) is 1.80. The van der Waals surface area contributed by atoms with E-state index in [0.717, 1.165) is 12.1 Å². The van der Waals surface area contributed by atoms with Crippen molar-refractivity contribution in [3.63, 3.8) is 0 Å². The summed E-state index contributed by atoms with van der Waals surface area (Å²) in [7, 11) is -6.95. The molecule has 1 atom stereocenters. The van der Waals surface area contributed by atoms with Gasteiger partial charge >= 0.3 is 5.51 Å². The smallest absolute Gasteiger partial charge is 0.271 e. The second kappa shape index (κ2) is 6.30. The van der Waals surface area contributed by atoms with Crippen LogP contribution in [0, 0.1) is 0 Å². The van der Waals surface area contributed by atoms with Gasteiger partial charge in [-0.05, 0) is 35.4 Å². The Kier molecular flexibility index (Phi) is 4.78. The molecule has 0 amide bonds. The van der Waals surface area contributed by atoms with Crippen molar-refractivity contribution in [2.24, 2.45) is 5.14 Å². The van der Waals surface area contributed by atoms with Crippen molar-refractivity contribution in [1.82, 2.24) is 0 Å². The Bertz CT molecular complexity index is 817. The average Bonchev–Trinajstić information content (AvgIpc) is 2.45. The Balaban J connectivity index is 2.21. The zero-order valence-electron chi connectivity index (χ0n) is 11.4. The molecule has 0 radical (unpaired) electrons. The number of benzene rings is 2. The van der Waals surface area contributed by atoms with Crippen molar-refractivity contribution in [3.8, 4) is 11.1 Å². The highest BCUT2D eigenvalue weighted by molar-refractivity contribution is 7.90. The lowest BCUT2D eigenvalue weighted by Crippen LogP contribution is -2.21. The fraction of sp³-hybridized carbons (Fsp3) is 0.0769. The van der Waals surface area contributed by atoms with Crippen molar-refractivity contribution in [2.75, 3.05) is 4.72 Å². The van der Waals surface area contributed by atoms with Crippen molar-refractivity contribution in [1.29, 1.82) is 0 Å². The lowest BCUT2D eigenvalue weighted by molar-refractivity contribution is -0.0384. The Morgan fingerprint density at radius 1 is 0.913 bits per heavy atom.